The smallest absolute Gasteiger partial charge is 0.323 e. The summed E-state index contributed by atoms with van der Waals surface area (Å²) in [6, 6.07) is 4.68. The number of aromatic amines is 2. The molecule has 0 unspecified atom stereocenters. The fourth-order valence-electron chi connectivity index (χ4n) is 1.63. The van der Waals surface area contributed by atoms with E-state index in [0.717, 1.165) is 5.56 Å². The van der Waals surface area contributed by atoms with E-state index in [1.807, 2.05) is 6.92 Å². The molecular weight excluding hydrogens is 234 g/mol. The molecule has 0 saturated carbocycles. The Morgan fingerprint density at radius 1 is 1.28 bits per heavy atom. The molecule has 0 radical (unpaired) electrons. The number of carbonyl (C=O) groups excluding carboxylic acids is 1. The predicted molar refractivity (Wildman–Crippen MR) is 66.9 cm³/mol. The fourth-order valence-corrected chi connectivity index (χ4v) is 1.63. The highest BCUT2D eigenvalue weighted by molar-refractivity contribution is 6.04. The van der Waals surface area contributed by atoms with Gasteiger partial charge in [0, 0.05) is 17.4 Å². The van der Waals surface area contributed by atoms with Crippen molar-refractivity contribution in [3.8, 4) is 5.75 Å². The van der Waals surface area contributed by atoms with Crippen LogP contribution in [0.3, 0.4) is 0 Å². The quantitative estimate of drug-likeness (QED) is 0.643. The SMILES string of the molecule is Cc1ccc(O)cc1NC(=O)c1[nH]c(=O)[nH]c1C. The molecule has 0 aliphatic heterocycles. The minimum Gasteiger partial charge on any atom is -0.508 e. The molecule has 1 amide bonds. The highest BCUT2D eigenvalue weighted by Gasteiger charge is 2.13. The molecule has 0 spiro atoms. The molecule has 4 N–H and O–H groups in total. The second kappa shape index (κ2) is 4.40. The number of hydrogen-bond donors (Lipinski definition) is 4. The number of benzene rings is 1. The Bertz CT molecular complexity index is 655. The van der Waals surface area contributed by atoms with Crippen LogP contribution in [0.5, 0.6) is 5.75 Å². The van der Waals surface area contributed by atoms with Crippen molar-refractivity contribution in [2.75, 3.05) is 5.32 Å². The van der Waals surface area contributed by atoms with Gasteiger partial charge < -0.3 is 20.4 Å². The molecule has 0 aliphatic carbocycles. The average Bonchev–Trinajstić information content (AvgIpc) is 2.63. The summed E-state index contributed by atoms with van der Waals surface area (Å²) in [6.45, 7) is 3.43. The number of H-pyrrole nitrogens is 2. The third-order valence-corrected chi connectivity index (χ3v) is 2.61. The number of anilines is 1. The van der Waals surface area contributed by atoms with Crippen LogP contribution in [-0.2, 0) is 0 Å². The first-order valence-electron chi connectivity index (χ1n) is 5.37. The topological polar surface area (TPSA) is 98.0 Å². The van der Waals surface area contributed by atoms with E-state index in [1.54, 1.807) is 13.0 Å². The maximum atomic E-state index is 11.9. The van der Waals surface area contributed by atoms with Crippen molar-refractivity contribution in [2.45, 2.75) is 13.8 Å². The van der Waals surface area contributed by atoms with Gasteiger partial charge >= 0.3 is 5.69 Å². The number of amides is 1. The van der Waals surface area contributed by atoms with Gasteiger partial charge in [-0.3, -0.25) is 4.79 Å². The number of aromatic nitrogens is 2. The van der Waals surface area contributed by atoms with E-state index < -0.39 is 11.6 Å². The second-order valence-corrected chi connectivity index (χ2v) is 4.03. The number of carbonyl (C=O) groups is 1. The molecule has 1 aromatic carbocycles. The number of imidazole rings is 1. The van der Waals surface area contributed by atoms with Crippen LogP contribution in [-0.4, -0.2) is 21.0 Å². The van der Waals surface area contributed by atoms with Gasteiger partial charge in [0.05, 0.1) is 0 Å². The maximum absolute atomic E-state index is 11.9. The molecular formula is C12H13N3O3. The highest BCUT2D eigenvalue weighted by atomic mass is 16.3. The molecule has 6 heteroatoms. The van der Waals surface area contributed by atoms with Crippen LogP contribution in [0.25, 0.3) is 0 Å². The average molecular weight is 247 g/mol. The van der Waals surface area contributed by atoms with Crippen LogP contribution in [0, 0.1) is 13.8 Å². The van der Waals surface area contributed by atoms with E-state index in [-0.39, 0.29) is 11.4 Å². The Morgan fingerprint density at radius 2 is 2.00 bits per heavy atom. The number of aryl methyl sites for hydroxylation is 2. The summed E-state index contributed by atoms with van der Waals surface area (Å²) in [4.78, 5) is 27.9. The molecule has 2 rings (SSSR count). The van der Waals surface area contributed by atoms with Crippen LogP contribution in [0.4, 0.5) is 5.69 Å². The summed E-state index contributed by atoms with van der Waals surface area (Å²) < 4.78 is 0. The van der Waals surface area contributed by atoms with Crippen molar-refractivity contribution in [2.24, 2.45) is 0 Å². The lowest BCUT2D eigenvalue weighted by molar-refractivity contribution is 0.102. The number of nitrogens with one attached hydrogen (secondary N) is 3. The van der Waals surface area contributed by atoms with Crippen molar-refractivity contribution in [3.63, 3.8) is 0 Å². The Hall–Kier alpha value is -2.50. The normalized spacial score (nSPS) is 10.3. The molecule has 0 fully saturated rings. The highest BCUT2D eigenvalue weighted by Crippen LogP contribution is 2.21. The number of hydrogen-bond acceptors (Lipinski definition) is 3. The van der Waals surface area contributed by atoms with Gasteiger partial charge in [0.15, 0.2) is 0 Å². The molecule has 6 nitrogen and oxygen atoms in total. The number of phenols is 1. The van der Waals surface area contributed by atoms with E-state index in [4.69, 9.17) is 0 Å². The number of phenolic OH excluding ortho intramolecular Hbond substituents is 1. The Kier molecular flexibility index (Phi) is 2.93. The maximum Gasteiger partial charge on any atom is 0.323 e. The molecule has 0 atom stereocenters. The lowest BCUT2D eigenvalue weighted by Gasteiger charge is -2.08. The standard InChI is InChI=1S/C12H13N3O3/c1-6-3-4-8(16)5-9(6)14-11(17)10-7(2)13-12(18)15-10/h3-5,16H,1-2H3,(H,14,17)(H2,13,15,18). The van der Waals surface area contributed by atoms with Crippen LogP contribution in [0.2, 0.25) is 0 Å². The third-order valence-electron chi connectivity index (χ3n) is 2.61. The van der Waals surface area contributed by atoms with Gasteiger partial charge in [0.1, 0.15) is 11.4 Å². The molecule has 18 heavy (non-hydrogen) atoms. The van der Waals surface area contributed by atoms with E-state index in [1.165, 1.54) is 12.1 Å². The summed E-state index contributed by atoms with van der Waals surface area (Å²) in [5, 5.41) is 12.0. The Labute approximate surface area is 103 Å². The lowest BCUT2D eigenvalue weighted by Crippen LogP contribution is -2.15. The second-order valence-electron chi connectivity index (χ2n) is 4.03. The first kappa shape index (κ1) is 12.0. The van der Waals surface area contributed by atoms with Crippen molar-refractivity contribution in [1.29, 1.82) is 0 Å². The fraction of sp³-hybridized carbons (Fsp3) is 0.167. The Morgan fingerprint density at radius 3 is 2.61 bits per heavy atom. The zero-order valence-corrected chi connectivity index (χ0v) is 10.00. The summed E-state index contributed by atoms with van der Waals surface area (Å²) in [7, 11) is 0. The van der Waals surface area contributed by atoms with Crippen LogP contribution >= 0.6 is 0 Å². The molecule has 1 aromatic heterocycles. The zero-order chi connectivity index (χ0) is 13.3. The van der Waals surface area contributed by atoms with Gasteiger partial charge in [-0.05, 0) is 25.5 Å². The first-order chi connectivity index (χ1) is 8.47. The van der Waals surface area contributed by atoms with Crippen molar-refractivity contribution in [1.82, 2.24) is 9.97 Å². The largest absolute Gasteiger partial charge is 0.508 e. The molecule has 0 aliphatic rings. The van der Waals surface area contributed by atoms with Crippen LogP contribution < -0.4 is 11.0 Å². The van der Waals surface area contributed by atoms with Gasteiger partial charge in [-0.15, -0.1) is 0 Å². The molecule has 0 saturated heterocycles. The van der Waals surface area contributed by atoms with Gasteiger partial charge in [-0.25, -0.2) is 4.79 Å². The van der Waals surface area contributed by atoms with Crippen molar-refractivity contribution >= 4 is 11.6 Å². The third kappa shape index (κ3) is 2.27. The summed E-state index contributed by atoms with van der Waals surface area (Å²) in [5.41, 5.74) is 1.54. The van der Waals surface area contributed by atoms with E-state index in [2.05, 4.69) is 15.3 Å². The van der Waals surface area contributed by atoms with E-state index in [9.17, 15) is 14.7 Å². The molecule has 1 heterocycles. The zero-order valence-electron chi connectivity index (χ0n) is 10.00. The van der Waals surface area contributed by atoms with Crippen molar-refractivity contribution in [3.05, 3.63) is 45.6 Å². The summed E-state index contributed by atoms with van der Waals surface area (Å²) >= 11 is 0. The first-order valence-corrected chi connectivity index (χ1v) is 5.37. The lowest BCUT2D eigenvalue weighted by atomic mass is 10.2. The Balaban J connectivity index is 2.29. The van der Waals surface area contributed by atoms with Gasteiger partial charge in [0.2, 0.25) is 0 Å². The monoisotopic (exact) mass is 247 g/mol. The van der Waals surface area contributed by atoms with E-state index >= 15 is 0 Å². The van der Waals surface area contributed by atoms with Gasteiger partial charge in [0.25, 0.3) is 5.91 Å². The summed E-state index contributed by atoms with van der Waals surface area (Å²) in [6.07, 6.45) is 0. The van der Waals surface area contributed by atoms with E-state index in [0.29, 0.717) is 11.4 Å². The summed E-state index contributed by atoms with van der Waals surface area (Å²) in [5.74, 6) is -0.366. The molecule has 0 bridgehead atoms. The van der Waals surface area contributed by atoms with Crippen LogP contribution in [0.1, 0.15) is 21.7 Å². The van der Waals surface area contributed by atoms with Gasteiger partial charge in [-0.1, -0.05) is 6.07 Å². The molecule has 2 aromatic rings. The minimum atomic E-state index is -0.431. The predicted octanol–water partition coefficient (Wildman–Crippen LogP) is 1.28. The van der Waals surface area contributed by atoms with Crippen LogP contribution in [0.15, 0.2) is 23.0 Å². The minimum absolute atomic E-state index is 0.0650. The number of aromatic hydroxyl groups is 1. The number of rotatable bonds is 2. The van der Waals surface area contributed by atoms with Gasteiger partial charge in [-0.2, -0.15) is 0 Å². The van der Waals surface area contributed by atoms with Crippen molar-refractivity contribution < 1.29 is 9.90 Å². The molecule has 94 valence electrons.